The van der Waals surface area contributed by atoms with Gasteiger partial charge in [-0.3, -0.25) is 4.79 Å². The number of amides is 1. The van der Waals surface area contributed by atoms with Crippen LogP contribution < -0.4 is 4.90 Å². The Kier molecular flexibility index (Phi) is 4.70. The van der Waals surface area contributed by atoms with Gasteiger partial charge >= 0.3 is 0 Å². The maximum atomic E-state index is 12.1. The Morgan fingerprint density at radius 3 is 2.35 bits per heavy atom. The van der Waals surface area contributed by atoms with Crippen molar-refractivity contribution in [2.45, 2.75) is 39.2 Å². The molecule has 0 fully saturated rings. The summed E-state index contributed by atoms with van der Waals surface area (Å²) in [5, 5.41) is 9.83. The fraction of sp³-hybridized carbons (Fsp3) is 0.500. The summed E-state index contributed by atoms with van der Waals surface area (Å²) < 4.78 is 0. The summed E-state index contributed by atoms with van der Waals surface area (Å²) >= 11 is 0. The van der Waals surface area contributed by atoms with E-state index in [0.29, 0.717) is 6.54 Å². The first-order chi connectivity index (χ1) is 7.96. The minimum absolute atomic E-state index is 0.253. The lowest BCUT2D eigenvalue weighted by Gasteiger charge is -2.28. The van der Waals surface area contributed by atoms with Crippen molar-refractivity contribution in [3.63, 3.8) is 0 Å². The lowest BCUT2D eigenvalue weighted by atomic mass is 10.1. The zero-order valence-electron chi connectivity index (χ0n) is 10.8. The van der Waals surface area contributed by atoms with E-state index in [0.717, 1.165) is 18.5 Å². The maximum absolute atomic E-state index is 12.1. The summed E-state index contributed by atoms with van der Waals surface area (Å²) in [4.78, 5) is 13.8. The molecule has 1 aromatic rings. The third kappa shape index (κ3) is 3.86. The molecular weight excluding hydrogens is 214 g/mol. The van der Waals surface area contributed by atoms with Gasteiger partial charge in [0.25, 0.3) is 5.91 Å². The number of aliphatic hydroxyl groups is 1. The van der Waals surface area contributed by atoms with Gasteiger partial charge in [0, 0.05) is 12.2 Å². The molecule has 0 aromatic heterocycles. The SMILES string of the molecule is CCCCN(C(=O)C(C)(C)O)c1ccccc1. The van der Waals surface area contributed by atoms with E-state index in [1.54, 1.807) is 4.90 Å². The van der Waals surface area contributed by atoms with Crippen molar-refractivity contribution in [3.05, 3.63) is 30.3 Å². The first-order valence-electron chi connectivity index (χ1n) is 6.06. The molecule has 0 aliphatic heterocycles. The predicted molar refractivity (Wildman–Crippen MR) is 70.0 cm³/mol. The van der Waals surface area contributed by atoms with Gasteiger partial charge in [0.15, 0.2) is 0 Å². The second-order valence-electron chi connectivity index (χ2n) is 4.70. The number of para-hydroxylation sites is 1. The molecule has 0 unspecified atom stereocenters. The van der Waals surface area contributed by atoms with E-state index >= 15 is 0 Å². The third-order valence-electron chi connectivity index (χ3n) is 2.57. The molecule has 0 aliphatic rings. The van der Waals surface area contributed by atoms with Crippen molar-refractivity contribution in [1.29, 1.82) is 0 Å². The van der Waals surface area contributed by atoms with E-state index in [2.05, 4.69) is 6.92 Å². The fourth-order valence-electron chi connectivity index (χ4n) is 1.60. The van der Waals surface area contributed by atoms with Crippen LogP contribution in [0.2, 0.25) is 0 Å². The quantitative estimate of drug-likeness (QED) is 0.852. The highest BCUT2D eigenvalue weighted by Crippen LogP contribution is 2.18. The van der Waals surface area contributed by atoms with Crippen LogP contribution in [0.25, 0.3) is 0 Å². The number of unbranched alkanes of at least 4 members (excludes halogenated alkanes) is 1. The molecule has 0 radical (unpaired) electrons. The van der Waals surface area contributed by atoms with Crippen LogP contribution in [-0.2, 0) is 4.79 Å². The molecule has 1 aromatic carbocycles. The van der Waals surface area contributed by atoms with Crippen molar-refractivity contribution < 1.29 is 9.90 Å². The van der Waals surface area contributed by atoms with Crippen LogP contribution in [0.5, 0.6) is 0 Å². The molecule has 1 rings (SSSR count). The standard InChI is InChI=1S/C14H21NO2/c1-4-5-11-15(13(16)14(2,3)17)12-9-7-6-8-10-12/h6-10,17H,4-5,11H2,1-3H3. The largest absolute Gasteiger partial charge is 0.381 e. The van der Waals surface area contributed by atoms with Gasteiger partial charge in [0.1, 0.15) is 5.60 Å². The Morgan fingerprint density at radius 1 is 1.29 bits per heavy atom. The van der Waals surface area contributed by atoms with E-state index in [1.165, 1.54) is 13.8 Å². The minimum Gasteiger partial charge on any atom is -0.381 e. The fourth-order valence-corrected chi connectivity index (χ4v) is 1.60. The zero-order valence-corrected chi connectivity index (χ0v) is 10.8. The molecule has 94 valence electrons. The molecule has 0 atom stereocenters. The molecule has 0 spiro atoms. The number of hydrogen-bond acceptors (Lipinski definition) is 2. The molecule has 1 N–H and O–H groups in total. The van der Waals surface area contributed by atoms with Gasteiger partial charge in [-0.25, -0.2) is 0 Å². The Hall–Kier alpha value is -1.35. The summed E-state index contributed by atoms with van der Waals surface area (Å²) in [7, 11) is 0. The number of nitrogens with zero attached hydrogens (tertiary/aromatic N) is 1. The average Bonchev–Trinajstić information content (AvgIpc) is 2.29. The van der Waals surface area contributed by atoms with Gasteiger partial charge in [-0.15, -0.1) is 0 Å². The van der Waals surface area contributed by atoms with Crippen LogP contribution in [0.15, 0.2) is 30.3 Å². The van der Waals surface area contributed by atoms with Crippen LogP contribution in [-0.4, -0.2) is 23.2 Å². The number of hydrogen-bond donors (Lipinski definition) is 1. The topological polar surface area (TPSA) is 40.5 Å². The van der Waals surface area contributed by atoms with Gasteiger partial charge in [-0.1, -0.05) is 31.5 Å². The molecule has 0 aliphatic carbocycles. The second-order valence-corrected chi connectivity index (χ2v) is 4.70. The van der Waals surface area contributed by atoms with Crippen LogP contribution in [0.3, 0.4) is 0 Å². The van der Waals surface area contributed by atoms with Gasteiger partial charge in [0.2, 0.25) is 0 Å². The number of rotatable bonds is 5. The maximum Gasteiger partial charge on any atom is 0.258 e. The van der Waals surface area contributed by atoms with Crippen LogP contribution in [0, 0.1) is 0 Å². The molecule has 0 bridgehead atoms. The lowest BCUT2D eigenvalue weighted by Crippen LogP contribution is -2.45. The smallest absolute Gasteiger partial charge is 0.258 e. The van der Waals surface area contributed by atoms with Gasteiger partial charge in [-0.05, 0) is 32.4 Å². The monoisotopic (exact) mass is 235 g/mol. The zero-order chi connectivity index (χ0) is 12.9. The van der Waals surface area contributed by atoms with Crippen LogP contribution in [0.1, 0.15) is 33.6 Å². The summed E-state index contributed by atoms with van der Waals surface area (Å²) in [6.07, 6.45) is 1.94. The highest BCUT2D eigenvalue weighted by Gasteiger charge is 2.29. The lowest BCUT2D eigenvalue weighted by molar-refractivity contribution is -0.133. The van der Waals surface area contributed by atoms with E-state index in [1.807, 2.05) is 30.3 Å². The van der Waals surface area contributed by atoms with Crippen molar-refractivity contribution in [2.75, 3.05) is 11.4 Å². The summed E-state index contributed by atoms with van der Waals surface area (Å²) in [6.45, 7) is 5.77. The second kappa shape index (κ2) is 5.82. The normalized spacial score (nSPS) is 11.3. The summed E-state index contributed by atoms with van der Waals surface area (Å²) in [6, 6.07) is 9.48. The third-order valence-corrected chi connectivity index (χ3v) is 2.57. The molecule has 1 amide bonds. The predicted octanol–water partition coefficient (Wildman–Crippen LogP) is 2.59. The van der Waals surface area contributed by atoms with Crippen molar-refractivity contribution in [3.8, 4) is 0 Å². The Morgan fingerprint density at radius 2 is 1.88 bits per heavy atom. The minimum atomic E-state index is -1.33. The Balaban J connectivity index is 2.92. The van der Waals surface area contributed by atoms with Crippen LogP contribution >= 0.6 is 0 Å². The first kappa shape index (κ1) is 13.7. The summed E-state index contributed by atoms with van der Waals surface area (Å²) in [5.74, 6) is -0.253. The van der Waals surface area contributed by atoms with Gasteiger partial charge in [0.05, 0.1) is 0 Å². The van der Waals surface area contributed by atoms with Gasteiger partial charge in [-0.2, -0.15) is 0 Å². The molecule has 0 heterocycles. The van der Waals surface area contributed by atoms with Gasteiger partial charge < -0.3 is 10.0 Å². The Bertz CT molecular complexity index is 354. The van der Waals surface area contributed by atoms with E-state index in [4.69, 9.17) is 0 Å². The molecule has 17 heavy (non-hydrogen) atoms. The number of anilines is 1. The molecule has 0 saturated carbocycles. The molecular formula is C14H21NO2. The first-order valence-corrected chi connectivity index (χ1v) is 6.06. The number of carbonyl (C=O) groups excluding carboxylic acids is 1. The van der Waals surface area contributed by atoms with E-state index < -0.39 is 5.60 Å². The summed E-state index contributed by atoms with van der Waals surface area (Å²) in [5.41, 5.74) is -0.489. The highest BCUT2D eigenvalue weighted by atomic mass is 16.3. The molecule has 0 saturated heterocycles. The Labute approximate surface area is 103 Å². The molecule has 3 nitrogen and oxygen atoms in total. The highest BCUT2D eigenvalue weighted by molar-refractivity contribution is 5.98. The van der Waals surface area contributed by atoms with Crippen molar-refractivity contribution in [2.24, 2.45) is 0 Å². The number of benzene rings is 1. The average molecular weight is 235 g/mol. The van der Waals surface area contributed by atoms with Crippen molar-refractivity contribution in [1.82, 2.24) is 0 Å². The van der Waals surface area contributed by atoms with E-state index in [9.17, 15) is 9.90 Å². The van der Waals surface area contributed by atoms with Crippen LogP contribution in [0.4, 0.5) is 5.69 Å². The molecule has 3 heteroatoms. The number of carbonyl (C=O) groups is 1. The van der Waals surface area contributed by atoms with E-state index in [-0.39, 0.29) is 5.91 Å². The van der Waals surface area contributed by atoms with Crippen molar-refractivity contribution >= 4 is 11.6 Å².